The van der Waals surface area contributed by atoms with Gasteiger partial charge in [-0.25, -0.2) is 4.79 Å². The predicted octanol–water partition coefficient (Wildman–Crippen LogP) is 3.85. The molecule has 2 aromatic carbocycles. The van der Waals surface area contributed by atoms with Crippen LogP contribution in [0.2, 0.25) is 0 Å². The molecule has 0 atom stereocenters. The fourth-order valence-electron chi connectivity index (χ4n) is 2.39. The highest BCUT2D eigenvalue weighted by atomic mass is 32.2. The quantitative estimate of drug-likeness (QED) is 0.585. The van der Waals surface area contributed by atoms with Crippen molar-refractivity contribution in [2.24, 2.45) is 0 Å². The van der Waals surface area contributed by atoms with Gasteiger partial charge in [-0.3, -0.25) is 4.79 Å². The van der Waals surface area contributed by atoms with Crippen molar-refractivity contribution in [3.05, 3.63) is 47.5 Å². The molecule has 6 nitrogen and oxygen atoms in total. The molecule has 0 fully saturated rings. The maximum Gasteiger partial charge on any atom is 0.340 e. The Labute approximate surface area is 156 Å². The Hall–Kier alpha value is -2.67. The van der Waals surface area contributed by atoms with Gasteiger partial charge in [-0.1, -0.05) is 12.1 Å². The molecule has 0 aliphatic heterocycles. The van der Waals surface area contributed by atoms with Gasteiger partial charge in [0.2, 0.25) is 0 Å². The van der Waals surface area contributed by atoms with Gasteiger partial charge in [0.15, 0.2) is 11.5 Å². The number of hydrogen-bond acceptors (Lipinski definition) is 6. The average molecular weight is 375 g/mol. The van der Waals surface area contributed by atoms with Crippen LogP contribution in [-0.4, -0.2) is 39.0 Å². The zero-order valence-electron chi connectivity index (χ0n) is 15.1. The van der Waals surface area contributed by atoms with Gasteiger partial charge in [0, 0.05) is 17.0 Å². The molecule has 0 aromatic heterocycles. The summed E-state index contributed by atoms with van der Waals surface area (Å²) in [4.78, 5) is 25.7. The van der Waals surface area contributed by atoms with Crippen LogP contribution in [0.15, 0.2) is 41.3 Å². The Morgan fingerprint density at radius 3 is 2.42 bits per heavy atom. The van der Waals surface area contributed by atoms with Gasteiger partial charge in [-0.05, 0) is 25.3 Å². The van der Waals surface area contributed by atoms with E-state index >= 15 is 0 Å². The fourth-order valence-corrected chi connectivity index (χ4v) is 2.99. The van der Waals surface area contributed by atoms with Crippen LogP contribution < -0.4 is 14.8 Å². The summed E-state index contributed by atoms with van der Waals surface area (Å²) in [5, 5.41) is 2.77. The minimum absolute atomic E-state index is 0.187. The van der Waals surface area contributed by atoms with E-state index in [1.165, 1.54) is 32.0 Å². The number of rotatable bonds is 7. The van der Waals surface area contributed by atoms with Crippen molar-refractivity contribution in [3.63, 3.8) is 0 Å². The summed E-state index contributed by atoms with van der Waals surface area (Å²) >= 11 is 1.47. The molecule has 0 unspecified atom stereocenters. The Morgan fingerprint density at radius 1 is 1.08 bits per heavy atom. The Bertz CT molecular complexity index is 807. The maximum atomic E-state index is 12.7. The largest absolute Gasteiger partial charge is 0.493 e. The van der Waals surface area contributed by atoms with E-state index in [4.69, 9.17) is 14.2 Å². The van der Waals surface area contributed by atoms with E-state index in [-0.39, 0.29) is 17.2 Å². The van der Waals surface area contributed by atoms with Gasteiger partial charge in [-0.2, -0.15) is 0 Å². The molecule has 0 heterocycles. The van der Waals surface area contributed by atoms with Crippen molar-refractivity contribution in [2.75, 3.05) is 32.4 Å². The number of nitrogens with one attached hydrogen (secondary N) is 1. The normalized spacial score (nSPS) is 10.2. The molecule has 0 saturated carbocycles. The molecule has 0 aliphatic rings. The number of methoxy groups -OCH3 is 2. The van der Waals surface area contributed by atoms with Gasteiger partial charge < -0.3 is 19.5 Å². The molecule has 2 aromatic rings. The zero-order valence-corrected chi connectivity index (χ0v) is 15.9. The lowest BCUT2D eigenvalue weighted by atomic mass is 10.1. The summed E-state index contributed by atoms with van der Waals surface area (Å²) in [6.07, 6.45) is 1.89. The maximum absolute atomic E-state index is 12.7. The Morgan fingerprint density at radius 2 is 1.81 bits per heavy atom. The van der Waals surface area contributed by atoms with Crippen LogP contribution in [0.25, 0.3) is 0 Å². The molecule has 26 heavy (non-hydrogen) atoms. The molecule has 0 spiro atoms. The van der Waals surface area contributed by atoms with Crippen LogP contribution in [0, 0.1) is 0 Å². The third-order valence-corrected chi connectivity index (χ3v) is 4.40. The van der Waals surface area contributed by atoms with Crippen molar-refractivity contribution < 1.29 is 23.8 Å². The molecule has 138 valence electrons. The lowest BCUT2D eigenvalue weighted by Gasteiger charge is -2.16. The number of anilines is 1. The first-order valence-electron chi connectivity index (χ1n) is 7.93. The highest BCUT2D eigenvalue weighted by molar-refractivity contribution is 7.98. The van der Waals surface area contributed by atoms with E-state index in [0.717, 1.165) is 4.90 Å². The summed E-state index contributed by atoms with van der Waals surface area (Å²) in [6, 6.07) is 10.3. The van der Waals surface area contributed by atoms with Crippen LogP contribution >= 0.6 is 11.8 Å². The molecule has 0 aliphatic carbocycles. The topological polar surface area (TPSA) is 73.9 Å². The smallest absolute Gasteiger partial charge is 0.340 e. The molecule has 0 radical (unpaired) electrons. The molecule has 0 saturated heterocycles. The zero-order chi connectivity index (χ0) is 19.1. The number of benzene rings is 2. The summed E-state index contributed by atoms with van der Waals surface area (Å²) < 4.78 is 15.6. The second-order valence-corrected chi connectivity index (χ2v) is 5.98. The van der Waals surface area contributed by atoms with Crippen LogP contribution in [0.5, 0.6) is 11.5 Å². The lowest BCUT2D eigenvalue weighted by molar-refractivity contribution is 0.0601. The van der Waals surface area contributed by atoms with Crippen molar-refractivity contribution in [1.29, 1.82) is 0 Å². The summed E-state index contributed by atoms with van der Waals surface area (Å²) in [7, 11) is 2.77. The minimum Gasteiger partial charge on any atom is -0.493 e. The lowest BCUT2D eigenvalue weighted by Crippen LogP contribution is -2.16. The number of esters is 1. The molecular weight excluding hydrogens is 354 g/mol. The minimum atomic E-state index is -0.581. The number of carbonyl (C=O) groups is 2. The van der Waals surface area contributed by atoms with Crippen LogP contribution in [0.3, 0.4) is 0 Å². The van der Waals surface area contributed by atoms with Gasteiger partial charge >= 0.3 is 5.97 Å². The number of amides is 1. The van der Waals surface area contributed by atoms with E-state index in [2.05, 4.69) is 5.32 Å². The molecule has 0 bridgehead atoms. The third kappa shape index (κ3) is 4.29. The third-order valence-electron chi connectivity index (χ3n) is 3.61. The number of hydrogen-bond donors (Lipinski definition) is 1. The second kappa shape index (κ2) is 9.15. The summed E-state index contributed by atoms with van der Waals surface area (Å²) in [5.74, 6) is -0.0979. The highest BCUT2D eigenvalue weighted by Gasteiger charge is 2.20. The van der Waals surface area contributed by atoms with Gasteiger partial charge in [-0.15, -0.1) is 11.8 Å². The molecule has 1 amide bonds. The monoisotopic (exact) mass is 375 g/mol. The van der Waals surface area contributed by atoms with Crippen molar-refractivity contribution in [2.45, 2.75) is 11.8 Å². The summed E-state index contributed by atoms with van der Waals surface area (Å²) in [5.41, 5.74) is 0.994. The Kier molecular flexibility index (Phi) is 6.91. The van der Waals surface area contributed by atoms with Gasteiger partial charge in [0.05, 0.1) is 37.6 Å². The summed E-state index contributed by atoms with van der Waals surface area (Å²) in [6.45, 7) is 2.23. The van der Waals surface area contributed by atoms with Crippen LogP contribution in [0.4, 0.5) is 5.69 Å². The molecule has 2 rings (SSSR count). The van der Waals surface area contributed by atoms with E-state index < -0.39 is 5.97 Å². The van der Waals surface area contributed by atoms with E-state index in [9.17, 15) is 9.59 Å². The van der Waals surface area contributed by atoms with Crippen LogP contribution in [-0.2, 0) is 4.74 Å². The van der Waals surface area contributed by atoms with Crippen molar-refractivity contribution in [1.82, 2.24) is 0 Å². The average Bonchev–Trinajstić information content (AvgIpc) is 2.68. The first kappa shape index (κ1) is 19.7. The van der Waals surface area contributed by atoms with Crippen molar-refractivity contribution in [3.8, 4) is 11.5 Å². The van der Waals surface area contributed by atoms with Gasteiger partial charge in [0.25, 0.3) is 5.91 Å². The number of thioether (sulfide) groups is 1. The first-order valence-corrected chi connectivity index (χ1v) is 9.15. The van der Waals surface area contributed by atoms with E-state index in [1.807, 2.05) is 25.3 Å². The number of ether oxygens (including phenoxy) is 3. The van der Waals surface area contributed by atoms with Crippen LogP contribution in [0.1, 0.15) is 27.6 Å². The first-order chi connectivity index (χ1) is 12.5. The predicted molar refractivity (Wildman–Crippen MR) is 102 cm³/mol. The van der Waals surface area contributed by atoms with E-state index in [1.54, 1.807) is 18.2 Å². The molecule has 7 heteroatoms. The number of carbonyl (C=O) groups excluding carboxylic acids is 2. The fraction of sp³-hybridized carbons (Fsp3) is 0.263. The Balaban J connectivity index is 2.46. The SMILES string of the molecule is CCOc1cc(C(=O)OC)c(NC(=O)c2ccccc2SC)cc1OC. The van der Waals surface area contributed by atoms with Gasteiger partial charge in [0.1, 0.15) is 0 Å². The van der Waals surface area contributed by atoms with Crippen molar-refractivity contribution >= 4 is 29.3 Å². The second-order valence-electron chi connectivity index (χ2n) is 5.13. The molecular formula is C19H21NO5S. The van der Waals surface area contributed by atoms with E-state index in [0.29, 0.717) is 23.7 Å². The standard InChI is InChI=1S/C19H21NO5S/c1-5-25-16-10-13(19(22)24-3)14(11-15(16)23-2)20-18(21)12-8-6-7-9-17(12)26-4/h6-11H,5H2,1-4H3,(H,20,21). The highest BCUT2D eigenvalue weighted by Crippen LogP contribution is 2.34. The molecule has 1 N–H and O–H groups in total.